The summed E-state index contributed by atoms with van der Waals surface area (Å²) in [5, 5.41) is 11.6. The third kappa shape index (κ3) is 4.23. The van der Waals surface area contributed by atoms with Crippen LogP contribution in [-0.4, -0.2) is 46.8 Å². The molecule has 148 valence electrons. The molecule has 0 spiro atoms. The molecule has 1 atom stereocenters. The van der Waals surface area contributed by atoms with Crippen LogP contribution in [0, 0.1) is 11.6 Å². The van der Waals surface area contributed by atoms with Crippen molar-refractivity contribution in [3.05, 3.63) is 65.5 Å². The maximum atomic E-state index is 14.0. The number of nitrogens with zero attached hydrogens (tertiary/aromatic N) is 5. The Morgan fingerprint density at radius 2 is 1.82 bits per heavy atom. The molecule has 0 aliphatic heterocycles. The Kier molecular flexibility index (Phi) is 5.52. The number of hydrogen-bond acceptors (Lipinski definition) is 6. The highest BCUT2D eigenvalue weighted by Gasteiger charge is 2.20. The molecule has 2 aromatic carbocycles. The minimum atomic E-state index is -3.30. The standard InChI is InChI=1S/C18H19F2N5O2S/c1-12(16-10-13(19)4-9-17(16)20)24(2)11-18-21-22-23-25(18)14-5-7-15(8-6-14)28(3,26)27/h4-10,12H,11H2,1-3H3. The van der Waals surface area contributed by atoms with E-state index in [1.807, 2.05) is 0 Å². The molecule has 0 aliphatic carbocycles. The van der Waals surface area contributed by atoms with E-state index in [4.69, 9.17) is 0 Å². The first-order chi connectivity index (χ1) is 13.2. The number of tetrazole rings is 1. The molecule has 7 nitrogen and oxygen atoms in total. The predicted molar refractivity (Wildman–Crippen MR) is 98.5 cm³/mol. The van der Waals surface area contributed by atoms with Gasteiger partial charge in [-0.1, -0.05) is 0 Å². The van der Waals surface area contributed by atoms with E-state index in [0.717, 1.165) is 18.4 Å². The Hall–Kier alpha value is -2.72. The van der Waals surface area contributed by atoms with Crippen molar-refractivity contribution in [3.8, 4) is 5.69 Å². The Morgan fingerprint density at radius 3 is 2.46 bits per heavy atom. The van der Waals surface area contributed by atoms with Gasteiger partial charge < -0.3 is 0 Å². The zero-order valence-electron chi connectivity index (χ0n) is 15.5. The van der Waals surface area contributed by atoms with Crippen LogP contribution in [0.1, 0.15) is 24.4 Å². The van der Waals surface area contributed by atoms with E-state index in [1.54, 1.807) is 31.0 Å². The van der Waals surface area contributed by atoms with Crippen molar-refractivity contribution in [1.82, 2.24) is 25.1 Å². The monoisotopic (exact) mass is 407 g/mol. The summed E-state index contributed by atoms with van der Waals surface area (Å²) in [6, 6.07) is 9.08. The lowest BCUT2D eigenvalue weighted by atomic mass is 10.1. The lowest BCUT2D eigenvalue weighted by Crippen LogP contribution is -2.24. The van der Waals surface area contributed by atoms with Crippen molar-refractivity contribution in [2.45, 2.75) is 24.4 Å². The SMILES string of the molecule is CC(c1cc(F)ccc1F)N(C)Cc1nnnn1-c1ccc(S(C)(=O)=O)cc1. The molecule has 3 aromatic rings. The molecule has 28 heavy (non-hydrogen) atoms. The molecule has 0 amide bonds. The van der Waals surface area contributed by atoms with E-state index in [-0.39, 0.29) is 17.0 Å². The first-order valence-electron chi connectivity index (χ1n) is 8.40. The van der Waals surface area contributed by atoms with Gasteiger partial charge in [0.05, 0.1) is 17.1 Å². The Labute approximate surface area is 161 Å². The van der Waals surface area contributed by atoms with Gasteiger partial charge in [0.1, 0.15) is 11.6 Å². The van der Waals surface area contributed by atoms with Gasteiger partial charge in [-0.15, -0.1) is 5.10 Å². The molecule has 0 saturated heterocycles. The van der Waals surface area contributed by atoms with Crippen LogP contribution in [0.3, 0.4) is 0 Å². The fraction of sp³-hybridized carbons (Fsp3) is 0.278. The predicted octanol–water partition coefficient (Wildman–Crippen LogP) is 2.54. The van der Waals surface area contributed by atoms with Crippen molar-refractivity contribution in [1.29, 1.82) is 0 Å². The van der Waals surface area contributed by atoms with E-state index in [0.29, 0.717) is 11.5 Å². The number of halogens is 2. The third-order valence-electron chi connectivity index (χ3n) is 4.50. The minimum Gasteiger partial charge on any atom is -0.292 e. The quantitative estimate of drug-likeness (QED) is 0.625. The normalized spacial score (nSPS) is 13.1. The molecular weight excluding hydrogens is 388 g/mol. The third-order valence-corrected chi connectivity index (χ3v) is 5.63. The van der Waals surface area contributed by atoms with Crippen molar-refractivity contribution in [2.24, 2.45) is 0 Å². The molecule has 0 bridgehead atoms. The molecular formula is C18H19F2N5O2S. The summed E-state index contributed by atoms with van der Waals surface area (Å²) in [4.78, 5) is 1.98. The Balaban J connectivity index is 1.83. The molecule has 1 unspecified atom stereocenters. The number of sulfone groups is 1. The fourth-order valence-corrected chi connectivity index (χ4v) is 3.40. The molecule has 0 saturated carbocycles. The first-order valence-corrected chi connectivity index (χ1v) is 10.3. The van der Waals surface area contributed by atoms with Crippen molar-refractivity contribution < 1.29 is 17.2 Å². The summed E-state index contributed by atoms with van der Waals surface area (Å²) >= 11 is 0. The molecule has 0 N–H and O–H groups in total. The first kappa shape index (κ1) is 20.0. The fourth-order valence-electron chi connectivity index (χ4n) is 2.77. The van der Waals surface area contributed by atoms with E-state index >= 15 is 0 Å². The van der Waals surface area contributed by atoms with Gasteiger partial charge in [0.2, 0.25) is 0 Å². The Bertz CT molecular complexity index is 1080. The van der Waals surface area contributed by atoms with Gasteiger partial charge in [-0.2, -0.15) is 4.68 Å². The van der Waals surface area contributed by atoms with Gasteiger partial charge in [-0.05, 0) is 66.9 Å². The molecule has 0 aliphatic rings. The van der Waals surface area contributed by atoms with Gasteiger partial charge in [-0.25, -0.2) is 17.2 Å². The number of benzene rings is 2. The summed E-state index contributed by atoms with van der Waals surface area (Å²) in [5.41, 5.74) is 0.824. The van der Waals surface area contributed by atoms with Crippen LogP contribution in [0.2, 0.25) is 0 Å². The number of aromatic nitrogens is 4. The zero-order chi connectivity index (χ0) is 20.5. The van der Waals surface area contributed by atoms with Gasteiger partial charge in [-0.3, -0.25) is 4.90 Å². The van der Waals surface area contributed by atoms with Crippen molar-refractivity contribution in [3.63, 3.8) is 0 Å². The van der Waals surface area contributed by atoms with E-state index in [9.17, 15) is 17.2 Å². The molecule has 0 radical (unpaired) electrons. The highest BCUT2D eigenvalue weighted by molar-refractivity contribution is 7.90. The van der Waals surface area contributed by atoms with Crippen LogP contribution in [0.15, 0.2) is 47.4 Å². The van der Waals surface area contributed by atoms with Crippen LogP contribution >= 0.6 is 0 Å². The lowest BCUT2D eigenvalue weighted by molar-refractivity contribution is 0.239. The molecule has 3 rings (SSSR count). The second-order valence-corrected chi connectivity index (χ2v) is 8.55. The second kappa shape index (κ2) is 7.72. The minimum absolute atomic E-state index is 0.193. The molecule has 10 heteroatoms. The zero-order valence-corrected chi connectivity index (χ0v) is 16.4. The van der Waals surface area contributed by atoms with E-state index < -0.39 is 27.5 Å². The van der Waals surface area contributed by atoms with Crippen LogP contribution < -0.4 is 0 Å². The largest absolute Gasteiger partial charge is 0.292 e. The lowest BCUT2D eigenvalue weighted by Gasteiger charge is -2.24. The highest BCUT2D eigenvalue weighted by atomic mass is 32.2. The maximum Gasteiger partial charge on any atom is 0.175 e. The average molecular weight is 407 g/mol. The molecule has 1 heterocycles. The van der Waals surface area contributed by atoms with Gasteiger partial charge in [0.25, 0.3) is 0 Å². The molecule has 1 aromatic heterocycles. The van der Waals surface area contributed by atoms with Crippen LogP contribution in [-0.2, 0) is 16.4 Å². The van der Waals surface area contributed by atoms with E-state index in [1.165, 1.54) is 22.9 Å². The van der Waals surface area contributed by atoms with Crippen molar-refractivity contribution in [2.75, 3.05) is 13.3 Å². The summed E-state index contributed by atoms with van der Waals surface area (Å²) < 4.78 is 52.2. The summed E-state index contributed by atoms with van der Waals surface area (Å²) in [5.74, 6) is -0.526. The van der Waals surface area contributed by atoms with Crippen LogP contribution in [0.5, 0.6) is 0 Å². The Morgan fingerprint density at radius 1 is 1.14 bits per heavy atom. The smallest absolute Gasteiger partial charge is 0.175 e. The van der Waals surface area contributed by atoms with Gasteiger partial charge in [0.15, 0.2) is 15.7 Å². The summed E-state index contributed by atoms with van der Waals surface area (Å²) in [7, 11) is -1.55. The van der Waals surface area contributed by atoms with Gasteiger partial charge >= 0.3 is 0 Å². The summed E-state index contributed by atoms with van der Waals surface area (Å²) in [6.45, 7) is 2.02. The summed E-state index contributed by atoms with van der Waals surface area (Å²) in [6.07, 6.45) is 1.13. The highest BCUT2D eigenvalue weighted by Crippen LogP contribution is 2.24. The maximum absolute atomic E-state index is 14.0. The second-order valence-electron chi connectivity index (χ2n) is 6.53. The molecule has 0 fully saturated rings. The average Bonchev–Trinajstić information content (AvgIpc) is 3.10. The number of hydrogen-bond donors (Lipinski definition) is 0. The topological polar surface area (TPSA) is 81.0 Å². The number of rotatable bonds is 6. The van der Waals surface area contributed by atoms with Crippen LogP contribution in [0.25, 0.3) is 5.69 Å². The van der Waals surface area contributed by atoms with Crippen LogP contribution in [0.4, 0.5) is 8.78 Å². The van der Waals surface area contributed by atoms with E-state index in [2.05, 4.69) is 15.5 Å². The van der Waals surface area contributed by atoms with Crippen molar-refractivity contribution >= 4 is 9.84 Å². The van der Waals surface area contributed by atoms with Gasteiger partial charge in [0, 0.05) is 17.9 Å².